The summed E-state index contributed by atoms with van der Waals surface area (Å²) in [6.45, 7) is 1.97. The van der Waals surface area contributed by atoms with Crippen molar-refractivity contribution in [3.63, 3.8) is 0 Å². The molecule has 0 unspecified atom stereocenters. The summed E-state index contributed by atoms with van der Waals surface area (Å²) >= 11 is 4.80. The third kappa shape index (κ3) is 4.43. The van der Waals surface area contributed by atoms with Crippen molar-refractivity contribution < 1.29 is 9.18 Å². The number of aromatic nitrogens is 4. The van der Waals surface area contributed by atoms with E-state index in [4.69, 9.17) is 0 Å². The van der Waals surface area contributed by atoms with E-state index in [1.54, 1.807) is 0 Å². The first kappa shape index (κ1) is 17.6. The van der Waals surface area contributed by atoms with Crippen LogP contribution in [0.5, 0.6) is 0 Å². The highest BCUT2D eigenvalue weighted by Crippen LogP contribution is 2.26. The van der Waals surface area contributed by atoms with Crippen LogP contribution in [-0.4, -0.2) is 31.9 Å². The lowest BCUT2D eigenvalue weighted by Gasteiger charge is -2.09. The normalized spacial score (nSPS) is 10.7. The van der Waals surface area contributed by atoms with Gasteiger partial charge in [0.1, 0.15) is 12.1 Å². The van der Waals surface area contributed by atoms with Crippen LogP contribution in [0, 0.1) is 12.7 Å². The molecule has 0 radical (unpaired) electrons. The number of amides is 1. The van der Waals surface area contributed by atoms with E-state index in [2.05, 4.69) is 36.8 Å². The number of rotatable bonds is 5. The number of anilines is 1. The zero-order valence-corrected chi connectivity index (χ0v) is 15.5. The predicted molar refractivity (Wildman–Crippen MR) is 97.3 cm³/mol. The molecule has 0 aliphatic rings. The second-order valence-corrected chi connectivity index (χ2v) is 7.10. The number of hydrogen-bond acceptors (Lipinski definition) is 5. The van der Waals surface area contributed by atoms with Gasteiger partial charge in [0.2, 0.25) is 5.91 Å². The Morgan fingerprint density at radius 3 is 2.88 bits per heavy atom. The molecule has 0 spiro atoms. The lowest BCUT2D eigenvalue weighted by molar-refractivity contribution is -0.113. The molecule has 1 aromatic heterocycles. The van der Waals surface area contributed by atoms with Gasteiger partial charge in [-0.25, -0.2) is 9.07 Å². The Labute approximate surface area is 155 Å². The quantitative estimate of drug-likeness (QED) is 0.637. The minimum Gasteiger partial charge on any atom is -0.323 e. The molecule has 3 aromatic rings. The summed E-state index contributed by atoms with van der Waals surface area (Å²) in [7, 11) is 0. The number of halogens is 2. The van der Waals surface area contributed by atoms with Crippen LogP contribution in [0.25, 0.3) is 5.69 Å². The fourth-order valence-corrected chi connectivity index (χ4v) is 3.42. The summed E-state index contributed by atoms with van der Waals surface area (Å²) in [6, 6.07) is 10.1. The SMILES string of the molecule is Cc1cc(Br)ccc1SCC(=O)Nc1cc(-n2cnnn2)ccc1F. The Balaban J connectivity index is 1.67. The van der Waals surface area contributed by atoms with Gasteiger partial charge in [-0.1, -0.05) is 15.9 Å². The molecule has 0 bridgehead atoms. The number of aryl methyl sites for hydroxylation is 1. The van der Waals surface area contributed by atoms with Gasteiger partial charge in [-0.05, 0) is 59.3 Å². The molecule has 1 heterocycles. The Bertz CT molecular complexity index is 904. The van der Waals surface area contributed by atoms with Gasteiger partial charge in [-0.15, -0.1) is 16.9 Å². The van der Waals surface area contributed by atoms with Crippen LogP contribution in [0.15, 0.2) is 52.1 Å². The Morgan fingerprint density at radius 2 is 2.16 bits per heavy atom. The van der Waals surface area contributed by atoms with Gasteiger partial charge < -0.3 is 5.32 Å². The first-order valence-electron chi connectivity index (χ1n) is 7.24. The maximum Gasteiger partial charge on any atom is 0.234 e. The fraction of sp³-hybridized carbons (Fsp3) is 0.125. The van der Waals surface area contributed by atoms with Crippen LogP contribution < -0.4 is 5.32 Å². The van der Waals surface area contributed by atoms with Crippen molar-refractivity contribution in [3.8, 4) is 5.69 Å². The van der Waals surface area contributed by atoms with Gasteiger partial charge in [-0.2, -0.15) is 0 Å². The van der Waals surface area contributed by atoms with Gasteiger partial charge in [0, 0.05) is 9.37 Å². The van der Waals surface area contributed by atoms with E-state index in [0.29, 0.717) is 5.69 Å². The third-order valence-corrected chi connectivity index (χ3v) is 5.00. The van der Waals surface area contributed by atoms with Crippen LogP contribution >= 0.6 is 27.7 Å². The molecule has 3 rings (SSSR count). The first-order valence-corrected chi connectivity index (χ1v) is 9.02. The highest BCUT2D eigenvalue weighted by Gasteiger charge is 2.11. The number of carbonyl (C=O) groups is 1. The van der Waals surface area contributed by atoms with E-state index in [9.17, 15) is 9.18 Å². The summed E-state index contributed by atoms with van der Waals surface area (Å²) < 4.78 is 16.3. The molecule has 25 heavy (non-hydrogen) atoms. The van der Waals surface area contributed by atoms with Crippen LogP contribution in [-0.2, 0) is 4.79 Å². The highest BCUT2D eigenvalue weighted by atomic mass is 79.9. The maximum atomic E-state index is 14.0. The molecule has 0 saturated heterocycles. The summed E-state index contributed by atoms with van der Waals surface area (Å²) in [5.74, 6) is -0.633. The average molecular weight is 422 g/mol. The second kappa shape index (κ2) is 7.75. The molecule has 0 saturated carbocycles. The number of thioether (sulfide) groups is 1. The molecular formula is C16H13BrFN5OS. The van der Waals surface area contributed by atoms with Gasteiger partial charge in [-0.3, -0.25) is 4.79 Å². The summed E-state index contributed by atoms with van der Waals surface area (Å²) in [4.78, 5) is 13.2. The van der Waals surface area contributed by atoms with Crippen LogP contribution in [0.2, 0.25) is 0 Å². The van der Waals surface area contributed by atoms with E-state index in [-0.39, 0.29) is 17.3 Å². The van der Waals surface area contributed by atoms with Crippen molar-refractivity contribution in [1.29, 1.82) is 0 Å². The van der Waals surface area contributed by atoms with E-state index in [1.165, 1.54) is 41.0 Å². The molecule has 6 nitrogen and oxygen atoms in total. The molecule has 0 fully saturated rings. The Kier molecular flexibility index (Phi) is 5.44. The predicted octanol–water partition coefficient (Wildman–Crippen LogP) is 3.60. The number of tetrazole rings is 1. The number of hydrogen-bond donors (Lipinski definition) is 1. The van der Waals surface area contributed by atoms with E-state index in [0.717, 1.165) is 14.9 Å². The van der Waals surface area contributed by atoms with Crippen LogP contribution in [0.4, 0.5) is 10.1 Å². The third-order valence-electron chi connectivity index (χ3n) is 3.33. The van der Waals surface area contributed by atoms with Gasteiger partial charge in [0.05, 0.1) is 17.1 Å². The zero-order chi connectivity index (χ0) is 17.8. The van der Waals surface area contributed by atoms with Gasteiger partial charge in [0.15, 0.2) is 0 Å². The largest absolute Gasteiger partial charge is 0.323 e. The molecule has 1 amide bonds. The number of benzene rings is 2. The maximum absolute atomic E-state index is 14.0. The topological polar surface area (TPSA) is 72.7 Å². The van der Waals surface area contributed by atoms with Crippen molar-refractivity contribution >= 4 is 39.3 Å². The van der Waals surface area contributed by atoms with Crippen molar-refractivity contribution in [3.05, 3.63) is 58.6 Å². The highest BCUT2D eigenvalue weighted by molar-refractivity contribution is 9.10. The Hall–Kier alpha value is -2.26. The van der Waals surface area contributed by atoms with Crippen LogP contribution in [0.1, 0.15) is 5.56 Å². The summed E-state index contributed by atoms with van der Waals surface area (Å²) in [6.07, 6.45) is 1.39. The van der Waals surface area contributed by atoms with Crippen molar-refractivity contribution in [2.75, 3.05) is 11.1 Å². The average Bonchev–Trinajstić information content (AvgIpc) is 3.10. The second-order valence-electron chi connectivity index (χ2n) is 5.17. The molecule has 0 aliphatic carbocycles. The smallest absolute Gasteiger partial charge is 0.234 e. The van der Waals surface area contributed by atoms with E-state index in [1.807, 2.05) is 25.1 Å². The number of nitrogens with one attached hydrogen (secondary N) is 1. The van der Waals surface area contributed by atoms with Crippen molar-refractivity contribution in [2.45, 2.75) is 11.8 Å². The molecule has 9 heteroatoms. The first-order chi connectivity index (χ1) is 12.0. The van der Waals surface area contributed by atoms with Crippen LogP contribution in [0.3, 0.4) is 0 Å². The standard InChI is InChI=1S/C16H13BrFN5OS/c1-10-6-11(17)2-5-15(10)25-8-16(24)20-14-7-12(3-4-13(14)18)23-9-19-21-22-23/h2-7,9H,8H2,1H3,(H,20,24). The van der Waals surface area contributed by atoms with E-state index < -0.39 is 5.82 Å². The molecule has 2 aromatic carbocycles. The van der Waals surface area contributed by atoms with E-state index >= 15 is 0 Å². The molecule has 0 aliphatic heterocycles. The summed E-state index contributed by atoms with van der Waals surface area (Å²) in [5, 5.41) is 13.4. The lowest BCUT2D eigenvalue weighted by atomic mass is 10.2. The Morgan fingerprint density at radius 1 is 1.32 bits per heavy atom. The molecular weight excluding hydrogens is 409 g/mol. The lowest BCUT2D eigenvalue weighted by Crippen LogP contribution is -2.15. The molecule has 0 atom stereocenters. The molecule has 1 N–H and O–H groups in total. The fourth-order valence-electron chi connectivity index (χ4n) is 2.14. The summed E-state index contributed by atoms with van der Waals surface area (Å²) in [5.41, 5.74) is 1.71. The number of nitrogens with zero attached hydrogens (tertiary/aromatic N) is 4. The van der Waals surface area contributed by atoms with Crippen molar-refractivity contribution in [2.24, 2.45) is 0 Å². The number of carbonyl (C=O) groups excluding carboxylic acids is 1. The molecule has 128 valence electrons. The van der Waals surface area contributed by atoms with Gasteiger partial charge in [0.25, 0.3) is 0 Å². The zero-order valence-electron chi connectivity index (χ0n) is 13.1. The van der Waals surface area contributed by atoms with Gasteiger partial charge >= 0.3 is 0 Å². The van der Waals surface area contributed by atoms with Crippen molar-refractivity contribution in [1.82, 2.24) is 20.2 Å². The monoisotopic (exact) mass is 421 g/mol. The minimum absolute atomic E-state index is 0.0890. The minimum atomic E-state index is -0.519.